The number of nitrogens with zero attached hydrogens (tertiary/aromatic N) is 3. The Morgan fingerprint density at radius 1 is 0.600 bits per heavy atom. The number of thiophene rings is 1. The van der Waals surface area contributed by atoms with Crippen LogP contribution in [0.3, 0.4) is 0 Å². The van der Waals surface area contributed by atoms with Gasteiger partial charge in [0.1, 0.15) is 0 Å². The molecule has 0 atom stereocenters. The first-order valence-corrected chi connectivity index (χ1v) is 13.8. The molecule has 6 aromatic carbocycles. The molecule has 0 saturated heterocycles. The number of para-hydroxylation sites is 2. The molecule has 186 valence electrons. The van der Waals surface area contributed by atoms with Crippen molar-refractivity contribution in [1.29, 1.82) is 0 Å². The summed E-state index contributed by atoms with van der Waals surface area (Å²) >= 11 is 1.80. The maximum Gasteiger partial charge on any atom is 0.235 e. The smallest absolute Gasteiger partial charge is 0.235 e. The molecule has 0 aliphatic carbocycles. The summed E-state index contributed by atoms with van der Waals surface area (Å²) in [7, 11) is 0. The van der Waals surface area contributed by atoms with Crippen LogP contribution in [0, 0.1) is 0 Å². The van der Waals surface area contributed by atoms with Gasteiger partial charge in [0.25, 0.3) is 0 Å². The summed E-state index contributed by atoms with van der Waals surface area (Å²) in [5, 5.41) is 7.35. The number of rotatable bonds is 2. The Morgan fingerprint density at radius 3 is 2.12 bits per heavy atom. The molecular formula is C36H21N3S. The SMILES string of the molecule is [2H]c1c([2H])c([2H])c(-c2nc(-n3c4ccccc4c4c5c6ccccc6sc5c5ccccc5c43)nc3ccccc23)c([2H])c1[2H]. The molecule has 0 unspecified atom stereocenters. The van der Waals surface area contributed by atoms with E-state index in [0.29, 0.717) is 22.5 Å². The van der Waals surface area contributed by atoms with Crippen molar-refractivity contribution in [2.45, 2.75) is 0 Å². The number of aromatic nitrogens is 3. The summed E-state index contributed by atoms with van der Waals surface area (Å²) < 4.78 is 46.9. The van der Waals surface area contributed by atoms with Crippen molar-refractivity contribution in [2.24, 2.45) is 0 Å². The normalized spacial score (nSPS) is 13.8. The van der Waals surface area contributed by atoms with Gasteiger partial charge in [-0.1, -0.05) is 109 Å². The van der Waals surface area contributed by atoms with Crippen molar-refractivity contribution in [2.75, 3.05) is 0 Å². The van der Waals surface area contributed by atoms with Gasteiger partial charge in [-0.15, -0.1) is 11.3 Å². The van der Waals surface area contributed by atoms with Crippen molar-refractivity contribution in [3.8, 4) is 17.2 Å². The van der Waals surface area contributed by atoms with Gasteiger partial charge in [0.05, 0.1) is 29.1 Å². The van der Waals surface area contributed by atoms with Crippen LogP contribution in [0.15, 0.2) is 127 Å². The Balaban J connectivity index is 1.52. The maximum atomic E-state index is 8.77. The molecule has 0 amide bonds. The fraction of sp³-hybridized carbons (Fsp3) is 0. The topological polar surface area (TPSA) is 30.7 Å². The van der Waals surface area contributed by atoms with Crippen LogP contribution in [0.25, 0.3) is 80.9 Å². The van der Waals surface area contributed by atoms with Crippen LogP contribution >= 0.6 is 11.3 Å². The van der Waals surface area contributed by atoms with E-state index < -0.39 is 18.1 Å². The van der Waals surface area contributed by atoms with E-state index >= 15 is 0 Å². The highest BCUT2D eigenvalue weighted by atomic mass is 32.1. The lowest BCUT2D eigenvalue weighted by molar-refractivity contribution is 1.02. The number of benzene rings is 6. The van der Waals surface area contributed by atoms with Gasteiger partial charge >= 0.3 is 0 Å². The van der Waals surface area contributed by atoms with Crippen LogP contribution in [0.4, 0.5) is 0 Å². The Kier molecular flexibility index (Phi) is 3.60. The summed E-state index contributed by atoms with van der Waals surface area (Å²) in [5.41, 5.74) is 2.84. The lowest BCUT2D eigenvalue weighted by atomic mass is 10.00. The average Bonchev–Trinajstić information content (AvgIpc) is 3.63. The molecule has 3 heterocycles. The summed E-state index contributed by atoms with van der Waals surface area (Å²) in [6.45, 7) is 0. The first-order valence-electron chi connectivity index (χ1n) is 15.5. The largest absolute Gasteiger partial charge is 0.277 e. The molecule has 0 aliphatic rings. The molecule has 0 radical (unpaired) electrons. The van der Waals surface area contributed by atoms with Gasteiger partial charge in [0, 0.05) is 52.7 Å². The number of hydrogen-bond acceptors (Lipinski definition) is 3. The molecule has 9 rings (SSSR count). The molecule has 0 N–H and O–H groups in total. The molecule has 0 saturated carbocycles. The van der Waals surface area contributed by atoms with Crippen LogP contribution in [-0.2, 0) is 0 Å². The maximum absolute atomic E-state index is 8.77. The molecule has 0 aliphatic heterocycles. The molecule has 4 heteroatoms. The van der Waals surface area contributed by atoms with E-state index in [9.17, 15) is 0 Å². The second-order valence-electron chi connectivity index (χ2n) is 9.81. The first kappa shape index (κ1) is 17.5. The van der Waals surface area contributed by atoms with Crippen LogP contribution in [0.2, 0.25) is 0 Å². The standard InChI is InChI=1S/C36H21N3S/c1-2-12-22(13-3-1)33-25-16-6-9-19-28(25)37-36(38-33)39-29-20-10-7-17-26(29)31-32-27-18-8-11-21-30(27)40-35(32)24-15-5-4-14-23(24)34(31)39/h1-21H/i1D,2D,3D,12D,13D. The molecule has 0 bridgehead atoms. The Morgan fingerprint density at radius 2 is 1.27 bits per heavy atom. The van der Waals surface area contributed by atoms with E-state index in [1.165, 1.54) is 20.2 Å². The second kappa shape index (κ2) is 8.22. The van der Waals surface area contributed by atoms with Gasteiger partial charge in [-0.2, -0.15) is 0 Å². The zero-order chi connectivity index (χ0) is 30.6. The Hall–Kier alpha value is -5.06. The van der Waals surface area contributed by atoms with E-state index in [1.807, 2.05) is 42.5 Å². The molecule has 0 fully saturated rings. The highest BCUT2D eigenvalue weighted by molar-refractivity contribution is 7.27. The van der Waals surface area contributed by atoms with Gasteiger partial charge in [-0.25, -0.2) is 9.97 Å². The highest BCUT2D eigenvalue weighted by Gasteiger charge is 2.23. The van der Waals surface area contributed by atoms with Gasteiger partial charge in [-0.05, 0) is 18.2 Å². The average molecular weight is 533 g/mol. The van der Waals surface area contributed by atoms with Crippen LogP contribution < -0.4 is 0 Å². The minimum Gasteiger partial charge on any atom is -0.277 e. The molecule has 0 spiro atoms. The minimum absolute atomic E-state index is 0.0534. The summed E-state index contributed by atoms with van der Waals surface area (Å²) in [5.74, 6) is 0.366. The highest BCUT2D eigenvalue weighted by Crippen LogP contribution is 2.47. The van der Waals surface area contributed by atoms with Crippen molar-refractivity contribution in [3.05, 3.63) is 127 Å². The van der Waals surface area contributed by atoms with E-state index in [1.54, 1.807) is 11.3 Å². The second-order valence-corrected chi connectivity index (χ2v) is 10.9. The van der Waals surface area contributed by atoms with Gasteiger partial charge in [-0.3, -0.25) is 4.57 Å². The number of fused-ring (bicyclic) bond motifs is 11. The minimum atomic E-state index is -0.437. The van der Waals surface area contributed by atoms with Crippen molar-refractivity contribution >= 4 is 75.0 Å². The van der Waals surface area contributed by atoms with E-state index in [0.717, 1.165) is 32.6 Å². The molecule has 40 heavy (non-hydrogen) atoms. The third kappa shape index (κ3) is 2.94. The number of hydrogen-bond donors (Lipinski definition) is 0. The summed E-state index contributed by atoms with van der Waals surface area (Å²) in [6, 6.07) is 30.7. The zero-order valence-corrected chi connectivity index (χ0v) is 21.8. The Labute approximate surface area is 240 Å². The zero-order valence-electron chi connectivity index (χ0n) is 26.0. The molecule has 3 aromatic heterocycles. The summed E-state index contributed by atoms with van der Waals surface area (Å²) in [4.78, 5) is 10.1. The van der Waals surface area contributed by atoms with Crippen molar-refractivity contribution < 1.29 is 6.85 Å². The molecule has 3 nitrogen and oxygen atoms in total. The van der Waals surface area contributed by atoms with Crippen LogP contribution in [0.1, 0.15) is 6.85 Å². The van der Waals surface area contributed by atoms with Gasteiger partial charge in [0.2, 0.25) is 5.95 Å². The lowest BCUT2D eigenvalue weighted by Gasteiger charge is -2.13. The fourth-order valence-electron chi connectivity index (χ4n) is 6.05. The third-order valence-corrected chi connectivity index (χ3v) is 8.88. The predicted octanol–water partition coefficient (Wildman–Crippen LogP) is 9.91. The summed E-state index contributed by atoms with van der Waals surface area (Å²) in [6.07, 6.45) is 0. The van der Waals surface area contributed by atoms with E-state index in [4.69, 9.17) is 16.8 Å². The third-order valence-electron chi connectivity index (χ3n) is 7.68. The van der Waals surface area contributed by atoms with Crippen molar-refractivity contribution in [3.63, 3.8) is 0 Å². The molecule has 9 aromatic rings. The van der Waals surface area contributed by atoms with Crippen LogP contribution in [0.5, 0.6) is 0 Å². The lowest BCUT2D eigenvalue weighted by Crippen LogP contribution is -2.03. The first-order chi connectivity index (χ1) is 21.9. The molecular weight excluding hydrogens is 506 g/mol. The van der Waals surface area contributed by atoms with Gasteiger partial charge in [0.15, 0.2) is 0 Å². The van der Waals surface area contributed by atoms with E-state index in [-0.39, 0.29) is 17.6 Å². The van der Waals surface area contributed by atoms with E-state index in [2.05, 4.69) is 59.2 Å². The Bertz CT molecular complexity index is 2700. The predicted molar refractivity (Wildman–Crippen MR) is 170 cm³/mol. The quantitative estimate of drug-likeness (QED) is 0.222. The van der Waals surface area contributed by atoms with Crippen LogP contribution in [-0.4, -0.2) is 14.5 Å². The van der Waals surface area contributed by atoms with Crippen molar-refractivity contribution in [1.82, 2.24) is 14.5 Å². The monoisotopic (exact) mass is 532 g/mol. The van der Waals surface area contributed by atoms with Gasteiger partial charge < -0.3 is 0 Å². The fourth-order valence-corrected chi connectivity index (χ4v) is 7.30.